The fourth-order valence-electron chi connectivity index (χ4n) is 3.05. The number of rotatable bonds is 6. The van der Waals surface area contributed by atoms with Crippen molar-refractivity contribution in [3.05, 3.63) is 33.8 Å². The van der Waals surface area contributed by atoms with E-state index >= 15 is 0 Å². The van der Waals surface area contributed by atoms with Gasteiger partial charge in [-0.25, -0.2) is 4.79 Å². The van der Waals surface area contributed by atoms with E-state index in [1.54, 1.807) is 0 Å². The Kier molecular flexibility index (Phi) is 7.31. The molecule has 27 heavy (non-hydrogen) atoms. The van der Waals surface area contributed by atoms with Crippen LogP contribution in [-0.4, -0.2) is 50.6 Å². The Bertz CT molecular complexity index is 785. The molecule has 0 bridgehead atoms. The predicted molar refractivity (Wildman–Crippen MR) is 104 cm³/mol. The van der Waals surface area contributed by atoms with Gasteiger partial charge in [0.25, 0.3) is 0 Å². The third-order valence-corrected chi connectivity index (χ3v) is 6.37. The van der Waals surface area contributed by atoms with Crippen LogP contribution >= 0.6 is 35.0 Å². The maximum absolute atomic E-state index is 13.0. The number of carboxylic acids is 1. The fraction of sp³-hybridized carbons (Fsp3) is 0.444. The third kappa shape index (κ3) is 5.03. The summed E-state index contributed by atoms with van der Waals surface area (Å²) in [5.74, 6) is -2.83. The zero-order valence-electron chi connectivity index (χ0n) is 14.8. The van der Waals surface area contributed by atoms with Crippen LogP contribution in [0.3, 0.4) is 0 Å². The van der Waals surface area contributed by atoms with Gasteiger partial charge >= 0.3 is 5.97 Å². The summed E-state index contributed by atoms with van der Waals surface area (Å²) in [6.07, 6.45) is 0.958. The number of carbonyl (C=O) groups excluding carboxylic acids is 3. The maximum atomic E-state index is 13.0. The Morgan fingerprint density at radius 3 is 2.44 bits per heavy atom. The number of halogens is 2. The lowest BCUT2D eigenvalue weighted by atomic mass is 9.97. The molecule has 1 fully saturated rings. The first kappa shape index (κ1) is 21.7. The Morgan fingerprint density at radius 1 is 1.22 bits per heavy atom. The normalized spacial score (nSPS) is 18.8. The summed E-state index contributed by atoms with van der Waals surface area (Å²) in [5, 5.41) is 8.47. The number of likely N-dealkylation sites (tertiary alicyclic amines) is 1. The molecular weight excluding hydrogens is 413 g/mol. The van der Waals surface area contributed by atoms with Crippen LogP contribution in [0.25, 0.3) is 0 Å². The maximum Gasteiger partial charge on any atom is 0.326 e. The highest BCUT2D eigenvalue weighted by molar-refractivity contribution is 8.14. The Morgan fingerprint density at radius 2 is 1.89 bits per heavy atom. The van der Waals surface area contributed by atoms with Crippen LogP contribution in [0.5, 0.6) is 0 Å². The minimum atomic E-state index is -1.07. The van der Waals surface area contributed by atoms with Crippen molar-refractivity contribution in [3.8, 4) is 0 Å². The van der Waals surface area contributed by atoms with Gasteiger partial charge < -0.3 is 10.0 Å². The quantitative estimate of drug-likeness (QED) is 0.692. The van der Waals surface area contributed by atoms with E-state index in [9.17, 15) is 24.3 Å². The molecule has 1 saturated heterocycles. The zero-order valence-corrected chi connectivity index (χ0v) is 17.1. The van der Waals surface area contributed by atoms with Gasteiger partial charge in [0.15, 0.2) is 10.9 Å². The molecule has 2 unspecified atom stereocenters. The number of ketones is 1. The van der Waals surface area contributed by atoms with Gasteiger partial charge in [-0.2, -0.15) is 0 Å². The minimum Gasteiger partial charge on any atom is -0.480 e. The molecule has 1 aliphatic heterocycles. The highest BCUT2D eigenvalue weighted by Crippen LogP contribution is 2.31. The van der Waals surface area contributed by atoms with Crippen molar-refractivity contribution in [3.63, 3.8) is 0 Å². The number of carbonyl (C=O) groups is 4. The van der Waals surface area contributed by atoms with Crippen molar-refractivity contribution in [1.29, 1.82) is 0 Å². The van der Waals surface area contributed by atoms with Crippen molar-refractivity contribution < 1.29 is 24.3 Å². The average Bonchev–Trinajstić information content (AvgIpc) is 3.10. The van der Waals surface area contributed by atoms with E-state index < -0.39 is 34.9 Å². The van der Waals surface area contributed by atoms with Crippen molar-refractivity contribution in [2.45, 2.75) is 38.0 Å². The van der Waals surface area contributed by atoms with Gasteiger partial charge in [0, 0.05) is 19.0 Å². The van der Waals surface area contributed by atoms with Crippen LogP contribution in [-0.2, 0) is 14.4 Å². The average molecular weight is 432 g/mol. The largest absolute Gasteiger partial charge is 0.480 e. The topological polar surface area (TPSA) is 91.8 Å². The Hall–Kier alpha value is -1.57. The van der Waals surface area contributed by atoms with E-state index in [0.717, 1.165) is 11.8 Å². The van der Waals surface area contributed by atoms with E-state index in [-0.39, 0.29) is 20.7 Å². The number of Topliss-reactive ketones (excluding diaryl/α,β-unsaturated/α-hetero) is 1. The van der Waals surface area contributed by atoms with E-state index in [4.69, 9.17) is 23.2 Å². The number of aliphatic carboxylic acids is 1. The molecule has 1 heterocycles. The molecule has 0 spiro atoms. The summed E-state index contributed by atoms with van der Waals surface area (Å²) in [6, 6.07) is 3.45. The highest BCUT2D eigenvalue weighted by Gasteiger charge is 2.40. The first-order valence-electron chi connectivity index (χ1n) is 8.33. The number of carboxylic acid groups (broad SMARTS) is 1. The summed E-state index contributed by atoms with van der Waals surface area (Å²) in [7, 11) is 0. The van der Waals surface area contributed by atoms with Gasteiger partial charge in [-0.3, -0.25) is 14.4 Å². The molecule has 6 nitrogen and oxygen atoms in total. The third-order valence-electron chi connectivity index (χ3n) is 4.42. The molecule has 2 rings (SSSR count). The van der Waals surface area contributed by atoms with Gasteiger partial charge in [-0.15, -0.1) is 0 Å². The standard InChI is InChI=1S/C18H19Cl2NO5S/c1-9(17(24)21-7-3-4-14(21)18(25)26)16(27-10(2)22)15(23)11-5-6-12(19)13(20)8-11/h5-6,8-9,14,16H,3-4,7H2,1-2H3,(H,25,26)/t9?,14-,16?/m0/s1. The summed E-state index contributed by atoms with van der Waals surface area (Å²) in [6.45, 7) is 3.17. The molecule has 146 valence electrons. The molecule has 1 N–H and O–H groups in total. The Balaban J connectivity index is 2.30. The second-order valence-corrected chi connectivity index (χ2v) is 8.47. The van der Waals surface area contributed by atoms with Crippen LogP contribution in [0.15, 0.2) is 18.2 Å². The monoisotopic (exact) mass is 431 g/mol. The fourth-order valence-corrected chi connectivity index (χ4v) is 4.27. The summed E-state index contributed by atoms with van der Waals surface area (Å²) < 4.78 is 0. The van der Waals surface area contributed by atoms with E-state index in [1.807, 2.05) is 0 Å². The molecule has 0 radical (unpaired) electrons. The second kappa shape index (κ2) is 9.08. The molecule has 1 aromatic carbocycles. The van der Waals surface area contributed by atoms with E-state index in [1.165, 1.54) is 36.9 Å². The summed E-state index contributed by atoms with van der Waals surface area (Å²) in [5.41, 5.74) is 0.235. The van der Waals surface area contributed by atoms with Gasteiger partial charge in [0.05, 0.1) is 21.2 Å². The molecule has 1 aromatic rings. The van der Waals surface area contributed by atoms with Gasteiger partial charge in [-0.1, -0.05) is 41.9 Å². The summed E-state index contributed by atoms with van der Waals surface area (Å²) >= 11 is 12.6. The van der Waals surface area contributed by atoms with Crippen LogP contribution in [0, 0.1) is 5.92 Å². The highest BCUT2D eigenvalue weighted by atomic mass is 35.5. The first-order valence-corrected chi connectivity index (χ1v) is 9.96. The van der Waals surface area contributed by atoms with E-state index in [2.05, 4.69) is 0 Å². The molecule has 0 aromatic heterocycles. The first-order chi connectivity index (χ1) is 12.6. The lowest BCUT2D eigenvalue weighted by Gasteiger charge is -2.28. The van der Waals surface area contributed by atoms with Crippen molar-refractivity contribution in [1.82, 2.24) is 4.90 Å². The van der Waals surface area contributed by atoms with Crippen LogP contribution in [0.4, 0.5) is 0 Å². The van der Waals surface area contributed by atoms with Crippen molar-refractivity contribution in [2.24, 2.45) is 5.92 Å². The van der Waals surface area contributed by atoms with Crippen molar-refractivity contribution in [2.75, 3.05) is 6.54 Å². The van der Waals surface area contributed by atoms with Gasteiger partial charge in [0.1, 0.15) is 6.04 Å². The SMILES string of the molecule is CC(=O)SC(C(=O)c1ccc(Cl)c(Cl)c1)C(C)C(=O)N1CCC[C@H]1C(=O)O. The zero-order chi connectivity index (χ0) is 20.3. The van der Waals surface area contributed by atoms with Gasteiger partial charge in [0.2, 0.25) is 5.91 Å². The predicted octanol–water partition coefficient (Wildman–Crippen LogP) is 3.54. The lowest BCUT2D eigenvalue weighted by Crippen LogP contribution is -2.46. The number of nitrogens with zero attached hydrogens (tertiary/aromatic N) is 1. The second-order valence-electron chi connectivity index (χ2n) is 6.34. The number of benzene rings is 1. The van der Waals surface area contributed by atoms with Gasteiger partial charge in [-0.05, 0) is 31.0 Å². The number of amides is 1. The molecular formula is C18H19Cl2NO5S. The number of thioether (sulfide) groups is 1. The van der Waals surface area contributed by atoms with E-state index in [0.29, 0.717) is 19.4 Å². The van der Waals surface area contributed by atoms with Crippen molar-refractivity contribution >= 4 is 57.7 Å². The smallest absolute Gasteiger partial charge is 0.326 e. The molecule has 9 heteroatoms. The molecule has 3 atom stereocenters. The summed E-state index contributed by atoms with van der Waals surface area (Å²) in [4.78, 5) is 50.2. The number of hydrogen-bond acceptors (Lipinski definition) is 5. The lowest BCUT2D eigenvalue weighted by molar-refractivity contribution is -0.149. The molecule has 0 saturated carbocycles. The van der Waals surface area contributed by atoms with Crippen LogP contribution in [0.1, 0.15) is 37.0 Å². The van der Waals surface area contributed by atoms with Crippen LogP contribution in [0.2, 0.25) is 10.0 Å². The minimum absolute atomic E-state index is 0.193. The Labute approximate surface area is 171 Å². The number of hydrogen-bond donors (Lipinski definition) is 1. The molecule has 0 aliphatic carbocycles. The molecule has 1 aliphatic rings. The molecule has 1 amide bonds. The van der Waals surface area contributed by atoms with Crippen LogP contribution < -0.4 is 0 Å².